The van der Waals surface area contributed by atoms with E-state index in [-0.39, 0.29) is 17.7 Å². The van der Waals surface area contributed by atoms with Crippen molar-refractivity contribution in [3.8, 4) is 5.75 Å². The lowest BCUT2D eigenvalue weighted by Crippen LogP contribution is -2.32. The van der Waals surface area contributed by atoms with Gasteiger partial charge in [-0.1, -0.05) is 31.7 Å². The zero-order chi connectivity index (χ0) is 23.8. The van der Waals surface area contributed by atoms with Crippen LogP contribution in [0, 0.1) is 11.7 Å². The third-order valence-electron chi connectivity index (χ3n) is 4.71. The largest absolute Gasteiger partial charge is 0.497 e. The number of nitrogens with zero attached hydrogens (tertiary/aromatic N) is 1. The molecule has 0 amide bonds. The Balaban J connectivity index is 1.92. The maximum absolute atomic E-state index is 13.7. The second kappa shape index (κ2) is 11.6. The van der Waals surface area contributed by atoms with Crippen molar-refractivity contribution in [2.75, 3.05) is 24.9 Å². The Morgan fingerprint density at radius 1 is 1.03 bits per heavy atom. The molecule has 0 aliphatic carbocycles. The van der Waals surface area contributed by atoms with Crippen LogP contribution in [-0.4, -0.2) is 31.2 Å². The molecule has 0 saturated carbocycles. The summed E-state index contributed by atoms with van der Waals surface area (Å²) in [5.74, 6) is 1.41. The molecule has 0 saturated heterocycles. The summed E-state index contributed by atoms with van der Waals surface area (Å²) in [7, 11) is 3.00. The molecule has 0 aliphatic heterocycles. The number of rotatable bonds is 10. The second-order valence-corrected chi connectivity index (χ2v) is 8.98. The number of carbonyl (C=O) groups is 1. The normalized spacial score (nSPS) is 11.7. The number of anilines is 3. The van der Waals surface area contributed by atoms with E-state index in [1.807, 2.05) is 50.2 Å². The fraction of sp³-hybridized carbons (Fsp3) is 0.280. The minimum absolute atomic E-state index is 0.281. The van der Waals surface area contributed by atoms with Crippen LogP contribution in [0.25, 0.3) is 0 Å². The Morgan fingerprint density at radius 2 is 1.76 bits per heavy atom. The number of benzene rings is 2. The van der Waals surface area contributed by atoms with E-state index in [9.17, 15) is 9.18 Å². The highest BCUT2D eigenvalue weighted by Crippen LogP contribution is 2.33. The molecule has 0 aliphatic rings. The van der Waals surface area contributed by atoms with E-state index in [0.29, 0.717) is 23.7 Å². The predicted octanol–water partition coefficient (Wildman–Crippen LogP) is 6.12. The van der Waals surface area contributed by atoms with E-state index in [0.717, 1.165) is 15.5 Å². The van der Waals surface area contributed by atoms with Gasteiger partial charge in [-0.15, -0.1) is 0 Å². The average Bonchev–Trinajstić information content (AvgIpc) is 2.78. The molecule has 2 aromatic carbocycles. The lowest BCUT2D eigenvalue weighted by atomic mass is 10.0. The Morgan fingerprint density at radius 3 is 2.39 bits per heavy atom. The van der Waals surface area contributed by atoms with Crippen molar-refractivity contribution in [1.82, 2.24) is 4.98 Å². The molecule has 3 rings (SSSR count). The van der Waals surface area contributed by atoms with Gasteiger partial charge < -0.3 is 20.1 Å². The van der Waals surface area contributed by atoms with Gasteiger partial charge in [0, 0.05) is 15.5 Å². The van der Waals surface area contributed by atoms with Gasteiger partial charge in [-0.2, -0.15) is 0 Å². The van der Waals surface area contributed by atoms with Crippen molar-refractivity contribution < 1.29 is 18.7 Å². The molecule has 8 heteroatoms. The first-order valence-electron chi connectivity index (χ1n) is 10.6. The van der Waals surface area contributed by atoms with Crippen LogP contribution in [0.5, 0.6) is 5.75 Å². The maximum atomic E-state index is 13.7. The molecule has 0 fully saturated rings. The lowest BCUT2D eigenvalue weighted by molar-refractivity contribution is -0.141. The summed E-state index contributed by atoms with van der Waals surface area (Å²) in [6.07, 6.45) is 0.594. The van der Waals surface area contributed by atoms with Crippen LogP contribution in [0.4, 0.5) is 21.7 Å². The molecule has 1 aromatic heterocycles. The van der Waals surface area contributed by atoms with Crippen LogP contribution in [0.2, 0.25) is 0 Å². The van der Waals surface area contributed by atoms with Crippen molar-refractivity contribution in [1.29, 1.82) is 0 Å². The third kappa shape index (κ3) is 7.39. The van der Waals surface area contributed by atoms with E-state index in [1.54, 1.807) is 19.2 Å². The van der Waals surface area contributed by atoms with E-state index in [1.165, 1.54) is 31.0 Å². The molecule has 0 radical (unpaired) electrons. The van der Waals surface area contributed by atoms with Crippen LogP contribution in [-0.2, 0) is 9.53 Å². The number of aromatic nitrogens is 1. The molecule has 6 nitrogen and oxygen atoms in total. The second-order valence-electron chi connectivity index (χ2n) is 7.84. The minimum atomic E-state index is -0.536. The van der Waals surface area contributed by atoms with Gasteiger partial charge >= 0.3 is 5.97 Å². The Bertz CT molecular complexity index is 1080. The Kier molecular flexibility index (Phi) is 8.54. The van der Waals surface area contributed by atoms with Gasteiger partial charge in [0.2, 0.25) is 0 Å². The number of methoxy groups -OCH3 is 2. The van der Waals surface area contributed by atoms with Gasteiger partial charge in [-0.25, -0.2) is 14.2 Å². The average molecular weight is 470 g/mol. The van der Waals surface area contributed by atoms with E-state index >= 15 is 0 Å². The first-order chi connectivity index (χ1) is 15.9. The number of ether oxygens (including phenoxy) is 2. The topological polar surface area (TPSA) is 72.5 Å². The van der Waals surface area contributed by atoms with Crippen molar-refractivity contribution >= 4 is 35.1 Å². The molecule has 1 unspecified atom stereocenters. The number of nitrogens with one attached hydrogen (secondary N) is 2. The SMILES string of the molecule is COC(=O)C(CC(C)C)Nc1cc(Sc2ccc(OC)cc2)cc(Nc2cccc(F)c2)n1. The Hall–Kier alpha value is -3.26. The molecular weight excluding hydrogens is 441 g/mol. The number of halogens is 1. The van der Waals surface area contributed by atoms with Gasteiger partial charge in [0.15, 0.2) is 0 Å². The van der Waals surface area contributed by atoms with Crippen LogP contribution < -0.4 is 15.4 Å². The first kappa shape index (κ1) is 24.4. The summed E-state index contributed by atoms with van der Waals surface area (Å²) in [6.45, 7) is 4.08. The molecule has 1 heterocycles. The molecule has 1 atom stereocenters. The number of hydrogen-bond acceptors (Lipinski definition) is 7. The third-order valence-corrected chi connectivity index (χ3v) is 5.69. The fourth-order valence-corrected chi connectivity index (χ4v) is 4.09. The summed E-state index contributed by atoms with van der Waals surface area (Å²) in [5, 5.41) is 6.36. The summed E-state index contributed by atoms with van der Waals surface area (Å²) < 4.78 is 23.9. The highest BCUT2D eigenvalue weighted by molar-refractivity contribution is 7.99. The monoisotopic (exact) mass is 469 g/mol. The molecule has 0 spiro atoms. The van der Waals surface area contributed by atoms with Crippen molar-refractivity contribution in [3.05, 3.63) is 66.5 Å². The maximum Gasteiger partial charge on any atom is 0.328 e. The zero-order valence-corrected chi connectivity index (χ0v) is 19.9. The summed E-state index contributed by atoms with van der Waals surface area (Å²) >= 11 is 1.54. The van der Waals surface area contributed by atoms with Crippen LogP contribution in [0.1, 0.15) is 20.3 Å². The van der Waals surface area contributed by atoms with Gasteiger partial charge in [-0.05, 0) is 66.9 Å². The molecule has 174 valence electrons. The van der Waals surface area contributed by atoms with Crippen molar-refractivity contribution in [2.24, 2.45) is 5.92 Å². The van der Waals surface area contributed by atoms with Gasteiger partial charge in [0.05, 0.1) is 14.2 Å². The number of pyridine rings is 1. The van der Waals surface area contributed by atoms with Crippen LogP contribution in [0.3, 0.4) is 0 Å². The summed E-state index contributed by atoms with van der Waals surface area (Å²) in [6, 6.07) is 17.1. The quantitative estimate of drug-likeness (QED) is 0.346. The molecular formula is C25H28FN3O3S. The molecule has 0 bridgehead atoms. The summed E-state index contributed by atoms with van der Waals surface area (Å²) in [5.41, 5.74) is 0.576. The molecule has 2 N–H and O–H groups in total. The molecule has 33 heavy (non-hydrogen) atoms. The van der Waals surface area contributed by atoms with E-state index < -0.39 is 6.04 Å². The van der Waals surface area contributed by atoms with Gasteiger partial charge in [0.1, 0.15) is 29.2 Å². The predicted molar refractivity (Wildman–Crippen MR) is 130 cm³/mol. The minimum Gasteiger partial charge on any atom is -0.497 e. The van der Waals surface area contributed by atoms with Gasteiger partial charge in [0.25, 0.3) is 0 Å². The fourth-order valence-electron chi connectivity index (χ4n) is 3.20. The standard InChI is InChI=1S/C25H28FN3O3S/c1-16(2)12-22(25(30)32-4)28-24-15-21(33-20-10-8-19(31-3)9-11-20)14-23(29-24)27-18-7-5-6-17(26)13-18/h5-11,13-16,22H,12H2,1-4H3,(H2,27,28,29). The number of hydrogen-bond donors (Lipinski definition) is 2. The smallest absolute Gasteiger partial charge is 0.328 e. The highest BCUT2D eigenvalue weighted by atomic mass is 32.2. The van der Waals surface area contributed by atoms with E-state index in [4.69, 9.17) is 9.47 Å². The van der Waals surface area contributed by atoms with E-state index in [2.05, 4.69) is 15.6 Å². The molecule has 3 aromatic rings. The number of esters is 1. The first-order valence-corrected chi connectivity index (χ1v) is 11.4. The van der Waals surface area contributed by atoms with Crippen molar-refractivity contribution in [3.63, 3.8) is 0 Å². The van der Waals surface area contributed by atoms with Gasteiger partial charge in [-0.3, -0.25) is 0 Å². The van der Waals surface area contributed by atoms with Crippen LogP contribution in [0.15, 0.2) is 70.5 Å². The van der Waals surface area contributed by atoms with Crippen molar-refractivity contribution in [2.45, 2.75) is 36.1 Å². The highest BCUT2D eigenvalue weighted by Gasteiger charge is 2.21. The number of carbonyl (C=O) groups excluding carboxylic acids is 1. The lowest BCUT2D eigenvalue weighted by Gasteiger charge is -2.20. The summed E-state index contributed by atoms with van der Waals surface area (Å²) in [4.78, 5) is 18.8. The zero-order valence-electron chi connectivity index (χ0n) is 19.1. The van der Waals surface area contributed by atoms with Crippen LogP contribution >= 0.6 is 11.8 Å². The Labute approximate surface area is 197 Å².